The molecule has 2 aromatic rings. The minimum atomic E-state index is 0.0531. The molecular weight excluding hydrogens is 314 g/mol. The molecule has 5 heteroatoms. The quantitative estimate of drug-likeness (QED) is 0.861. The van der Waals surface area contributed by atoms with Crippen molar-refractivity contribution in [2.75, 3.05) is 26.2 Å². The highest BCUT2D eigenvalue weighted by atomic mass is 16.2. The first-order chi connectivity index (χ1) is 12.0. The van der Waals surface area contributed by atoms with Gasteiger partial charge in [0.2, 0.25) is 5.91 Å². The molecule has 0 spiro atoms. The van der Waals surface area contributed by atoms with Crippen LogP contribution in [0.15, 0.2) is 42.7 Å². The van der Waals surface area contributed by atoms with E-state index in [9.17, 15) is 9.59 Å². The number of carbonyl (C=O) groups is 2. The molecule has 0 radical (unpaired) electrons. The van der Waals surface area contributed by atoms with Crippen molar-refractivity contribution in [3.05, 3.63) is 59.4 Å². The first kappa shape index (κ1) is 17.3. The Morgan fingerprint density at radius 2 is 1.64 bits per heavy atom. The van der Waals surface area contributed by atoms with Gasteiger partial charge < -0.3 is 14.4 Å². The van der Waals surface area contributed by atoms with Crippen molar-refractivity contribution in [3.63, 3.8) is 0 Å². The molecule has 1 fully saturated rings. The number of aromatic nitrogens is 1. The Morgan fingerprint density at radius 3 is 2.32 bits per heavy atom. The predicted molar refractivity (Wildman–Crippen MR) is 97.4 cm³/mol. The fourth-order valence-electron chi connectivity index (χ4n) is 3.20. The molecule has 0 aliphatic carbocycles. The van der Waals surface area contributed by atoms with Gasteiger partial charge in [0.05, 0.1) is 6.42 Å². The number of amides is 2. The highest BCUT2D eigenvalue weighted by molar-refractivity contribution is 5.94. The molecule has 1 aliphatic rings. The Labute approximate surface area is 148 Å². The third-order valence-electron chi connectivity index (χ3n) is 4.68. The van der Waals surface area contributed by atoms with Crippen LogP contribution in [0.1, 0.15) is 27.9 Å². The van der Waals surface area contributed by atoms with E-state index in [2.05, 4.69) is 0 Å². The first-order valence-corrected chi connectivity index (χ1v) is 8.77. The smallest absolute Gasteiger partial charge is 0.253 e. The molecule has 1 saturated heterocycles. The van der Waals surface area contributed by atoms with Crippen molar-refractivity contribution < 1.29 is 9.59 Å². The average Bonchev–Trinajstić information content (AvgIpc) is 2.86. The van der Waals surface area contributed by atoms with Crippen LogP contribution in [0.25, 0.3) is 0 Å². The van der Waals surface area contributed by atoms with E-state index in [0.29, 0.717) is 32.6 Å². The van der Waals surface area contributed by atoms with E-state index in [1.54, 1.807) is 0 Å². The summed E-state index contributed by atoms with van der Waals surface area (Å²) in [4.78, 5) is 28.9. The topological polar surface area (TPSA) is 45.6 Å². The van der Waals surface area contributed by atoms with E-state index in [4.69, 9.17) is 0 Å². The number of carbonyl (C=O) groups excluding carboxylic acids is 2. The molecular formula is C20H25N3O2. The SMILES string of the molecule is Cc1ccc(C(=O)N2CCCN(C(=O)Cc3ccn(C)c3)CC2)cc1. The Hall–Kier alpha value is -2.56. The lowest BCUT2D eigenvalue weighted by atomic mass is 10.1. The summed E-state index contributed by atoms with van der Waals surface area (Å²) in [6, 6.07) is 9.65. The second-order valence-corrected chi connectivity index (χ2v) is 6.75. The van der Waals surface area contributed by atoms with Gasteiger partial charge in [-0.1, -0.05) is 17.7 Å². The van der Waals surface area contributed by atoms with Gasteiger partial charge in [-0.3, -0.25) is 9.59 Å². The Balaban J connectivity index is 1.59. The highest BCUT2D eigenvalue weighted by Gasteiger charge is 2.23. The Kier molecular flexibility index (Phi) is 5.22. The maximum atomic E-state index is 12.7. The van der Waals surface area contributed by atoms with Crippen molar-refractivity contribution in [2.45, 2.75) is 19.8 Å². The maximum absolute atomic E-state index is 12.7. The fourth-order valence-corrected chi connectivity index (χ4v) is 3.20. The summed E-state index contributed by atoms with van der Waals surface area (Å²) in [5.41, 5.74) is 2.89. The molecule has 1 aliphatic heterocycles. The van der Waals surface area contributed by atoms with Gasteiger partial charge in [-0.15, -0.1) is 0 Å². The standard InChI is InChI=1S/C20H25N3O2/c1-16-4-6-18(7-5-16)20(25)23-10-3-9-22(12-13-23)19(24)14-17-8-11-21(2)15-17/h4-8,11,15H,3,9-10,12-14H2,1-2H3. The van der Waals surface area contributed by atoms with E-state index in [-0.39, 0.29) is 11.8 Å². The van der Waals surface area contributed by atoms with Crippen LogP contribution in [-0.2, 0) is 18.3 Å². The third-order valence-corrected chi connectivity index (χ3v) is 4.68. The zero-order valence-electron chi connectivity index (χ0n) is 14.9. The van der Waals surface area contributed by atoms with Crippen LogP contribution < -0.4 is 0 Å². The number of aryl methyl sites for hydroxylation is 2. The van der Waals surface area contributed by atoms with Gasteiger partial charge in [0.25, 0.3) is 5.91 Å². The lowest BCUT2D eigenvalue weighted by Gasteiger charge is -2.22. The number of hydrogen-bond acceptors (Lipinski definition) is 2. The van der Waals surface area contributed by atoms with E-state index < -0.39 is 0 Å². The van der Waals surface area contributed by atoms with Gasteiger partial charge in [0.15, 0.2) is 0 Å². The van der Waals surface area contributed by atoms with Crippen molar-refractivity contribution in [3.8, 4) is 0 Å². The number of rotatable bonds is 3. The minimum absolute atomic E-state index is 0.0531. The highest BCUT2D eigenvalue weighted by Crippen LogP contribution is 2.12. The van der Waals surface area contributed by atoms with Crippen LogP contribution in [0.3, 0.4) is 0 Å². The summed E-state index contributed by atoms with van der Waals surface area (Å²) in [7, 11) is 1.95. The zero-order valence-corrected chi connectivity index (χ0v) is 14.9. The van der Waals surface area contributed by atoms with Crippen molar-refractivity contribution in [1.82, 2.24) is 14.4 Å². The summed E-state index contributed by atoms with van der Waals surface area (Å²) in [5, 5.41) is 0. The van der Waals surface area contributed by atoms with Crippen LogP contribution in [0.4, 0.5) is 0 Å². The van der Waals surface area contributed by atoms with E-state index >= 15 is 0 Å². The molecule has 132 valence electrons. The molecule has 25 heavy (non-hydrogen) atoms. The lowest BCUT2D eigenvalue weighted by Crippen LogP contribution is -2.37. The fraction of sp³-hybridized carbons (Fsp3) is 0.400. The summed E-state index contributed by atoms with van der Waals surface area (Å²) >= 11 is 0. The molecule has 0 bridgehead atoms. The van der Waals surface area contributed by atoms with Gasteiger partial charge >= 0.3 is 0 Å². The van der Waals surface area contributed by atoms with E-state index in [1.807, 2.05) is 71.1 Å². The van der Waals surface area contributed by atoms with Crippen LogP contribution in [-0.4, -0.2) is 52.4 Å². The largest absolute Gasteiger partial charge is 0.357 e. The molecule has 2 amide bonds. The van der Waals surface area contributed by atoms with Crippen molar-refractivity contribution >= 4 is 11.8 Å². The average molecular weight is 339 g/mol. The molecule has 5 nitrogen and oxygen atoms in total. The summed E-state index contributed by atoms with van der Waals surface area (Å²) < 4.78 is 1.95. The van der Waals surface area contributed by atoms with Crippen LogP contribution in [0.2, 0.25) is 0 Å². The minimum Gasteiger partial charge on any atom is -0.357 e. The molecule has 0 atom stereocenters. The number of hydrogen-bond donors (Lipinski definition) is 0. The normalized spacial score (nSPS) is 15.1. The third kappa shape index (κ3) is 4.29. The summed E-state index contributed by atoms with van der Waals surface area (Å²) in [5.74, 6) is 0.188. The van der Waals surface area contributed by atoms with Crippen LogP contribution >= 0.6 is 0 Å². The lowest BCUT2D eigenvalue weighted by molar-refractivity contribution is -0.130. The van der Waals surface area contributed by atoms with Gasteiger partial charge in [-0.05, 0) is 37.1 Å². The Morgan fingerprint density at radius 1 is 0.960 bits per heavy atom. The number of benzene rings is 1. The van der Waals surface area contributed by atoms with Gasteiger partial charge in [0, 0.05) is 51.2 Å². The summed E-state index contributed by atoms with van der Waals surface area (Å²) in [6.45, 7) is 4.61. The maximum Gasteiger partial charge on any atom is 0.253 e. The molecule has 0 unspecified atom stereocenters. The number of nitrogens with zero attached hydrogens (tertiary/aromatic N) is 3. The molecule has 0 saturated carbocycles. The van der Waals surface area contributed by atoms with Crippen molar-refractivity contribution in [1.29, 1.82) is 0 Å². The van der Waals surface area contributed by atoms with Gasteiger partial charge in [-0.2, -0.15) is 0 Å². The zero-order chi connectivity index (χ0) is 17.8. The van der Waals surface area contributed by atoms with Crippen LogP contribution in [0, 0.1) is 6.92 Å². The second kappa shape index (κ2) is 7.55. The van der Waals surface area contributed by atoms with Gasteiger partial charge in [0.1, 0.15) is 0 Å². The van der Waals surface area contributed by atoms with Crippen molar-refractivity contribution in [2.24, 2.45) is 7.05 Å². The molecule has 0 N–H and O–H groups in total. The molecule has 3 rings (SSSR count). The molecule has 2 heterocycles. The van der Waals surface area contributed by atoms with Gasteiger partial charge in [-0.25, -0.2) is 0 Å². The monoisotopic (exact) mass is 339 g/mol. The Bertz CT molecular complexity index is 749. The predicted octanol–water partition coefficient (Wildman–Crippen LogP) is 2.25. The van der Waals surface area contributed by atoms with Crippen LogP contribution in [0.5, 0.6) is 0 Å². The second-order valence-electron chi connectivity index (χ2n) is 6.75. The van der Waals surface area contributed by atoms with E-state index in [0.717, 1.165) is 23.1 Å². The van der Waals surface area contributed by atoms with E-state index in [1.165, 1.54) is 0 Å². The first-order valence-electron chi connectivity index (χ1n) is 8.77. The molecule has 1 aromatic heterocycles. The summed E-state index contributed by atoms with van der Waals surface area (Å²) in [6.07, 6.45) is 5.17. The molecule has 1 aromatic carbocycles.